The first-order chi connectivity index (χ1) is 18.8. The third-order valence-corrected chi connectivity index (χ3v) is 7.15. The van der Waals surface area contributed by atoms with Crippen molar-refractivity contribution in [2.75, 3.05) is 37.0 Å². The van der Waals surface area contributed by atoms with Crippen LogP contribution in [0.5, 0.6) is 0 Å². The fourth-order valence-corrected chi connectivity index (χ4v) is 5.22. The predicted molar refractivity (Wildman–Crippen MR) is 142 cm³/mol. The van der Waals surface area contributed by atoms with Gasteiger partial charge in [-0.3, -0.25) is 14.3 Å². The Labute approximate surface area is 223 Å². The average molecular weight is 534 g/mol. The van der Waals surface area contributed by atoms with E-state index in [0.717, 1.165) is 6.20 Å². The molecule has 1 aromatic carbocycles. The predicted octanol–water partition coefficient (Wildman–Crippen LogP) is 2.94. The zero-order chi connectivity index (χ0) is 27.7. The molecule has 1 aliphatic heterocycles. The standard InChI is InChI=1S/C26H28FN9O3/c1-4-39-24(38)15-6-5-7-16(10-15)30-25(32-33-28)36-13-18-19(14-36)23(18)35(3)26-31-21(11-22(37)34(26)2)17-8-9-29-12-20(17)27/h5-12,18-19,23H,4,13-14H2,1-3H3,(H2,28,30,32)/t18-,19+,23+. The second-order valence-corrected chi connectivity index (χ2v) is 9.48. The van der Waals surface area contributed by atoms with Crippen molar-refractivity contribution >= 4 is 23.6 Å². The zero-order valence-corrected chi connectivity index (χ0v) is 21.7. The molecular weight excluding hydrogens is 505 g/mol. The molecule has 202 valence electrons. The summed E-state index contributed by atoms with van der Waals surface area (Å²) in [5.74, 6) is 0.409. The number of benzene rings is 1. The van der Waals surface area contributed by atoms with Crippen molar-refractivity contribution in [2.45, 2.75) is 13.0 Å². The lowest BCUT2D eigenvalue weighted by atomic mass is 10.2. The monoisotopic (exact) mass is 533 g/mol. The normalized spacial score (nSPS) is 19.8. The molecule has 13 heteroatoms. The second kappa shape index (κ2) is 10.6. The van der Waals surface area contributed by atoms with Crippen LogP contribution in [-0.2, 0) is 11.8 Å². The summed E-state index contributed by atoms with van der Waals surface area (Å²) >= 11 is 0. The van der Waals surface area contributed by atoms with E-state index >= 15 is 0 Å². The Hall–Kier alpha value is -4.68. The number of fused-ring (bicyclic) bond motifs is 1. The van der Waals surface area contributed by atoms with Crippen LogP contribution in [0.25, 0.3) is 11.3 Å². The zero-order valence-electron chi connectivity index (χ0n) is 21.7. The summed E-state index contributed by atoms with van der Waals surface area (Å²) in [6.07, 6.45) is 2.56. The number of hydrogen-bond acceptors (Lipinski definition) is 8. The number of guanidine groups is 1. The average Bonchev–Trinajstić information content (AvgIpc) is 3.42. The largest absolute Gasteiger partial charge is 0.462 e. The van der Waals surface area contributed by atoms with Crippen LogP contribution in [0.15, 0.2) is 63.9 Å². The number of halogens is 1. The molecule has 1 saturated carbocycles. The Kier molecular flexibility index (Phi) is 7.05. The Morgan fingerprint density at radius 1 is 1.28 bits per heavy atom. The van der Waals surface area contributed by atoms with Gasteiger partial charge in [-0.15, -0.1) is 0 Å². The number of nitrogens with one attached hydrogen (secondary N) is 2. The number of nitrogens with zero attached hydrogens (tertiary/aromatic N) is 7. The summed E-state index contributed by atoms with van der Waals surface area (Å²) in [5, 5.41) is 10.4. The summed E-state index contributed by atoms with van der Waals surface area (Å²) in [6.45, 7) is 3.31. The summed E-state index contributed by atoms with van der Waals surface area (Å²) in [6, 6.07) is 9.80. The highest BCUT2D eigenvalue weighted by Gasteiger charge is 2.59. The fourth-order valence-electron chi connectivity index (χ4n) is 5.22. The van der Waals surface area contributed by atoms with Crippen LogP contribution in [0.3, 0.4) is 0 Å². The molecule has 2 fully saturated rings. The maximum atomic E-state index is 14.3. The van der Waals surface area contributed by atoms with Crippen molar-refractivity contribution in [2.24, 2.45) is 29.2 Å². The Bertz CT molecular complexity index is 1500. The molecule has 0 bridgehead atoms. The number of pyridine rings is 1. The molecule has 0 unspecified atom stereocenters. The molecule has 2 aliphatic rings. The van der Waals surface area contributed by atoms with E-state index in [0.29, 0.717) is 36.2 Å². The number of anilines is 2. The van der Waals surface area contributed by atoms with Gasteiger partial charge in [0.2, 0.25) is 11.9 Å². The first-order valence-electron chi connectivity index (χ1n) is 12.5. The minimum atomic E-state index is -0.544. The minimum Gasteiger partial charge on any atom is -0.462 e. The lowest BCUT2D eigenvalue weighted by molar-refractivity contribution is 0.0526. The number of carbonyl (C=O) groups is 1. The number of carbonyl (C=O) groups excluding carboxylic acids is 1. The van der Waals surface area contributed by atoms with Crippen LogP contribution in [0.4, 0.5) is 16.0 Å². The third kappa shape index (κ3) is 5.07. The molecule has 0 spiro atoms. The molecule has 0 radical (unpaired) electrons. The van der Waals surface area contributed by atoms with Gasteiger partial charge < -0.3 is 19.9 Å². The minimum absolute atomic E-state index is 0.123. The van der Waals surface area contributed by atoms with Crippen LogP contribution in [0, 0.1) is 23.2 Å². The first kappa shape index (κ1) is 25.9. The van der Waals surface area contributed by atoms with Crippen LogP contribution in [-0.4, -0.2) is 64.1 Å². The van der Waals surface area contributed by atoms with E-state index in [1.807, 2.05) is 16.8 Å². The van der Waals surface area contributed by atoms with Gasteiger partial charge in [-0.1, -0.05) is 11.2 Å². The number of piperidine rings is 1. The van der Waals surface area contributed by atoms with E-state index in [1.54, 1.807) is 38.2 Å². The van der Waals surface area contributed by atoms with Crippen LogP contribution >= 0.6 is 0 Å². The molecule has 1 saturated heterocycles. The van der Waals surface area contributed by atoms with E-state index in [1.165, 1.54) is 22.9 Å². The maximum Gasteiger partial charge on any atom is 0.338 e. The number of ether oxygens (including phenoxy) is 1. The Balaban J connectivity index is 1.30. The fraction of sp³-hybridized carbons (Fsp3) is 0.346. The van der Waals surface area contributed by atoms with Gasteiger partial charge in [-0.2, -0.15) is 5.53 Å². The first-order valence-corrected chi connectivity index (χ1v) is 12.5. The Morgan fingerprint density at radius 2 is 2.05 bits per heavy atom. The van der Waals surface area contributed by atoms with Crippen molar-refractivity contribution in [3.05, 3.63) is 70.5 Å². The molecule has 12 nitrogen and oxygen atoms in total. The van der Waals surface area contributed by atoms with Crippen molar-refractivity contribution in [1.29, 1.82) is 5.53 Å². The van der Waals surface area contributed by atoms with E-state index in [4.69, 9.17) is 10.3 Å². The molecule has 2 aromatic heterocycles. The van der Waals surface area contributed by atoms with Gasteiger partial charge in [0.25, 0.3) is 5.56 Å². The summed E-state index contributed by atoms with van der Waals surface area (Å²) in [7, 11) is 3.53. The summed E-state index contributed by atoms with van der Waals surface area (Å²) in [4.78, 5) is 37.2. The topological polar surface area (TPSA) is 141 Å². The molecule has 1 aliphatic carbocycles. The van der Waals surface area contributed by atoms with Crippen LogP contribution in [0.1, 0.15) is 17.3 Å². The number of aromatic nitrogens is 3. The van der Waals surface area contributed by atoms with Crippen molar-refractivity contribution in [3.63, 3.8) is 0 Å². The highest BCUT2D eigenvalue weighted by atomic mass is 19.1. The van der Waals surface area contributed by atoms with Crippen molar-refractivity contribution in [3.8, 4) is 11.3 Å². The number of rotatable bonds is 7. The smallest absolute Gasteiger partial charge is 0.338 e. The van der Waals surface area contributed by atoms with E-state index in [2.05, 4.69) is 25.6 Å². The lowest BCUT2D eigenvalue weighted by Crippen LogP contribution is -2.40. The van der Waals surface area contributed by atoms with E-state index in [9.17, 15) is 14.0 Å². The van der Waals surface area contributed by atoms with Crippen LogP contribution in [0.2, 0.25) is 0 Å². The molecule has 39 heavy (non-hydrogen) atoms. The van der Waals surface area contributed by atoms with Gasteiger partial charge in [0, 0.05) is 68.6 Å². The molecule has 3 atom stereocenters. The molecular formula is C26H28FN9O3. The molecule has 2 N–H and O–H groups in total. The molecule has 0 amide bonds. The molecule has 3 heterocycles. The Morgan fingerprint density at radius 3 is 2.74 bits per heavy atom. The van der Waals surface area contributed by atoms with E-state index in [-0.39, 0.29) is 41.3 Å². The van der Waals surface area contributed by atoms with Gasteiger partial charge in [0.15, 0.2) is 5.82 Å². The highest BCUT2D eigenvalue weighted by Crippen LogP contribution is 2.49. The summed E-state index contributed by atoms with van der Waals surface area (Å²) < 4.78 is 20.9. The number of hydrogen-bond donors (Lipinski definition) is 2. The van der Waals surface area contributed by atoms with Gasteiger partial charge in [-0.25, -0.2) is 14.2 Å². The highest BCUT2D eigenvalue weighted by molar-refractivity contribution is 5.96. The maximum absolute atomic E-state index is 14.3. The molecule has 5 rings (SSSR count). The van der Waals surface area contributed by atoms with Gasteiger partial charge in [0.1, 0.15) is 0 Å². The third-order valence-electron chi connectivity index (χ3n) is 7.15. The SMILES string of the molecule is CCOC(=O)c1cccc(N/C(=N\N=N)N2C[C@@H]3[C@H](C2)[C@H]3N(C)c2nc(-c3ccncc3F)cc(=O)n2C)c1. The van der Waals surface area contributed by atoms with Crippen molar-refractivity contribution in [1.82, 2.24) is 19.4 Å². The van der Waals surface area contributed by atoms with Gasteiger partial charge in [-0.05, 0) is 36.4 Å². The molecule has 3 aromatic rings. The van der Waals surface area contributed by atoms with Gasteiger partial charge >= 0.3 is 5.97 Å². The summed E-state index contributed by atoms with van der Waals surface area (Å²) in [5.41, 5.74) is 8.49. The van der Waals surface area contributed by atoms with Crippen molar-refractivity contribution < 1.29 is 13.9 Å². The van der Waals surface area contributed by atoms with Gasteiger partial charge in [0.05, 0.1) is 24.1 Å². The number of esters is 1. The second-order valence-electron chi connectivity index (χ2n) is 9.48. The van der Waals surface area contributed by atoms with E-state index < -0.39 is 11.8 Å². The van der Waals surface area contributed by atoms with Crippen LogP contribution < -0.4 is 15.8 Å². The number of likely N-dealkylation sites (tertiary alicyclic amines) is 1. The quantitative estimate of drug-likeness (QED) is 0.155. The lowest BCUT2D eigenvalue weighted by Gasteiger charge is -2.28.